The lowest BCUT2D eigenvalue weighted by atomic mass is 10.1. The number of rotatable bonds is 2. The lowest BCUT2D eigenvalue weighted by Gasteiger charge is -2.29. The number of likely N-dealkylation sites (tertiary alicyclic amines) is 1. The minimum absolute atomic E-state index is 0.270. The van der Waals surface area contributed by atoms with Crippen molar-refractivity contribution < 1.29 is 4.39 Å². The van der Waals surface area contributed by atoms with Crippen LogP contribution < -0.4 is 5.32 Å². The van der Waals surface area contributed by atoms with Crippen LogP contribution in [-0.4, -0.2) is 45.7 Å². The Morgan fingerprint density at radius 3 is 2.86 bits per heavy atom. The average molecular weight is 299 g/mol. The number of hydrogen-bond donors (Lipinski definition) is 1. The Morgan fingerprint density at radius 2 is 2.05 bits per heavy atom. The highest BCUT2D eigenvalue weighted by Crippen LogP contribution is 2.22. The van der Waals surface area contributed by atoms with Crippen LogP contribution in [0.2, 0.25) is 0 Å². The fourth-order valence-corrected chi connectivity index (χ4v) is 3.05. The highest BCUT2D eigenvalue weighted by Gasteiger charge is 2.17. The monoisotopic (exact) mass is 299 g/mol. The Balaban J connectivity index is 1.66. The van der Waals surface area contributed by atoms with Gasteiger partial charge in [0.25, 0.3) is 0 Å². The second kappa shape index (κ2) is 5.21. The zero-order chi connectivity index (χ0) is 15.1. The Hall–Kier alpha value is -2.21. The summed E-state index contributed by atoms with van der Waals surface area (Å²) in [6.07, 6.45) is 3.92. The number of anilines is 1. The molecule has 3 heterocycles. The number of nitrogens with one attached hydrogen (secondary N) is 1. The number of aromatic nitrogens is 3. The number of piperidine rings is 1. The molecule has 1 N–H and O–H groups in total. The molecule has 0 spiro atoms. The van der Waals surface area contributed by atoms with Crippen molar-refractivity contribution in [3.05, 3.63) is 36.4 Å². The third kappa shape index (κ3) is 2.39. The first-order valence-electron chi connectivity index (χ1n) is 7.58. The lowest BCUT2D eigenvalue weighted by molar-refractivity contribution is 0.263. The molecule has 0 aliphatic carbocycles. The van der Waals surface area contributed by atoms with E-state index in [0.29, 0.717) is 11.6 Å². The van der Waals surface area contributed by atoms with E-state index in [-0.39, 0.29) is 5.82 Å². The molecule has 1 saturated heterocycles. The molecule has 22 heavy (non-hydrogen) atoms. The van der Waals surface area contributed by atoms with Gasteiger partial charge in [-0.2, -0.15) is 5.10 Å². The summed E-state index contributed by atoms with van der Waals surface area (Å²) in [5, 5.41) is 8.80. The molecule has 0 unspecified atom stereocenters. The van der Waals surface area contributed by atoms with E-state index >= 15 is 0 Å². The van der Waals surface area contributed by atoms with Crippen molar-refractivity contribution in [3.63, 3.8) is 0 Å². The number of nitrogens with zero attached hydrogens (tertiary/aromatic N) is 4. The zero-order valence-electron chi connectivity index (χ0n) is 12.5. The summed E-state index contributed by atoms with van der Waals surface area (Å²) in [5.41, 5.74) is 1.60. The molecule has 0 radical (unpaired) electrons. The lowest BCUT2D eigenvalue weighted by Crippen LogP contribution is -2.36. The molecule has 6 heteroatoms. The summed E-state index contributed by atoms with van der Waals surface area (Å²) < 4.78 is 15.0. The molecule has 2 aromatic heterocycles. The molecule has 114 valence electrons. The van der Waals surface area contributed by atoms with E-state index in [9.17, 15) is 4.39 Å². The Morgan fingerprint density at radius 1 is 1.23 bits per heavy atom. The molecule has 5 nitrogen and oxygen atoms in total. The van der Waals surface area contributed by atoms with Gasteiger partial charge in [0.05, 0.1) is 11.0 Å². The zero-order valence-corrected chi connectivity index (χ0v) is 12.5. The van der Waals surface area contributed by atoms with Crippen LogP contribution in [0.1, 0.15) is 12.8 Å². The first-order valence-corrected chi connectivity index (χ1v) is 7.58. The van der Waals surface area contributed by atoms with Crippen molar-refractivity contribution in [2.24, 2.45) is 0 Å². The Bertz CT molecular complexity index is 820. The van der Waals surface area contributed by atoms with Crippen LogP contribution in [0.15, 0.2) is 30.6 Å². The Labute approximate surface area is 127 Å². The Kier molecular flexibility index (Phi) is 3.18. The summed E-state index contributed by atoms with van der Waals surface area (Å²) in [6, 6.07) is 7.14. The van der Waals surface area contributed by atoms with Gasteiger partial charge in [-0.1, -0.05) is 0 Å². The molecule has 1 aromatic carbocycles. The van der Waals surface area contributed by atoms with Crippen LogP contribution in [0.3, 0.4) is 0 Å². The van der Waals surface area contributed by atoms with Gasteiger partial charge in [-0.15, -0.1) is 0 Å². The van der Waals surface area contributed by atoms with Gasteiger partial charge in [-0.05, 0) is 45.1 Å². The van der Waals surface area contributed by atoms with Crippen LogP contribution in [0.5, 0.6) is 0 Å². The van der Waals surface area contributed by atoms with Gasteiger partial charge in [-0.25, -0.2) is 13.9 Å². The fourth-order valence-electron chi connectivity index (χ4n) is 3.05. The molecule has 1 aliphatic heterocycles. The van der Waals surface area contributed by atoms with Gasteiger partial charge in [0.2, 0.25) is 0 Å². The number of halogens is 1. The maximum atomic E-state index is 13.3. The van der Waals surface area contributed by atoms with Crippen molar-refractivity contribution in [3.8, 4) is 0 Å². The third-order valence-electron chi connectivity index (χ3n) is 4.35. The normalized spacial score (nSPS) is 17.4. The van der Waals surface area contributed by atoms with E-state index < -0.39 is 0 Å². The maximum Gasteiger partial charge on any atom is 0.130 e. The highest BCUT2D eigenvalue weighted by atomic mass is 19.1. The van der Waals surface area contributed by atoms with E-state index in [1.54, 1.807) is 16.9 Å². The SMILES string of the molecule is CN1CCC(Nc2cc3c4ccc(F)cc4nn3cn2)CC1. The van der Waals surface area contributed by atoms with Crippen LogP contribution >= 0.6 is 0 Å². The number of hydrogen-bond acceptors (Lipinski definition) is 4. The summed E-state index contributed by atoms with van der Waals surface area (Å²) in [7, 11) is 2.15. The second-order valence-electron chi connectivity index (χ2n) is 5.99. The van der Waals surface area contributed by atoms with Gasteiger partial charge in [0, 0.05) is 23.6 Å². The largest absolute Gasteiger partial charge is 0.367 e. The average Bonchev–Trinajstić information content (AvgIpc) is 2.86. The molecule has 0 saturated carbocycles. The van der Waals surface area contributed by atoms with Crippen molar-refractivity contribution in [1.82, 2.24) is 19.5 Å². The molecule has 1 aliphatic rings. The van der Waals surface area contributed by atoms with Gasteiger partial charge in [-0.3, -0.25) is 0 Å². The summed E-state index contributed by atoms with van der Waals surface area (Å²) in [5.74, 6) is 0.585. The van der Waals surface area contributed by atoms with Gasteiger partial charge < -0.3 is 10.2 Å². The van der Waals surface area contributed by atoms with Crippen LogP contribution in [0.25, 0.3) is 16.4 Å². The van der Waals surface area contributed by atoms with E-state index in [1.165, 1.54) is 12.1 Å². The quantitative estimate of drug-likeness (QED) is 0.790. The minimum atomic E-state index is -0.270. The molecule has 1 fully saturated rings. The van der Waals surface area contributed by atoms with Crippen molar-refractivity contribution in [2.75, 3.05) is 25.5 Å². The van der Waals surface area contributed by atoms with E-state index in [1.807, 2.05) is 6.07 Å². The van der Waals surface area contributed by atoms with Crippen LogP contribution in [0, 0.1) is 5.82 Å². The van der Waals surface area contributed by atoms with Crippen molar-refractivity contribution in [1.29, 1.82) is 0 Å². The van der Waals surface area contributed by atoms with E-state index in [0.717, 1.165) is 42.7 Å². The summed E-state index contributed by atoms with van der Waals surface area (Å²) in [6.45, 7) is 2.21. The predicted octanol–water partition coefficient (Wildman–Crippen LogP) is 2.53. The summed E-state index contributed by atoms with van der Waals surface area (Å²) >= 11 is 0. The number of benzene rings is 1. The number of fused-ring (bicyclic) bond motifs is 3. The molecule has 0 bridgehead atoms. The molecular formula is C16H18FN5. The van der Waals surface area contributed by atoms with Gasteiger partial charge >= 0.3 is 0 Å². The topological polar surface area (TPSA) is 45.5 Å². The molecule has 4 rings (SSSR count). The van der Waals surface area contributed by atoms with Gasteiger partial charge in [0.15, 0.2) is 0 Å². The maximum absolute atomic E-state index is 13.3. The predicted molar refractivity (Wildman–Crippen MR) is 84.6 cm³/mol. The standard InChI is InChI=1S/C16H18FN5/c1-21-6-4-12(5-7-21)19-16-9-15-13-3-2-11(17)8-14(13)20-22(15)10-18-16/h2-3,8-10,12,19H,4-7H2,1H3. The van der Waals surface area contributed by atoms with Crippen molar-refractivity contribution >= 4 is 22.2 Å². The fraction of sp³-hybridized carbons (Fsp3) is 0.375. The van der Waals surface area contributed by atoms with E-state index in [2.05, 4.69) is 27.3 Å². The first kappa shape index (κ1) is 13.5. The first-order chi connectivity index (χ1) is 10.7. The van der Waals surface area contributed by atoms with Crippen LogP contribution in [-0.2, 0) is 0 Å². The minimum Gasteiger partial charge on any atom is -0.367 e. The molecule has 0 atom stereocenters. The van der Waals surface area contributed by atoms with E-state index in [4.69, 9.17) is 0 Å². The van der Waals surface area contributed by atoms with Crippen molar-refractivity contribution in [2.45, 2.75) is 18.9 Å². The second-order valence-corrected chi connectivity index (χ2v) is 5.99. The summed E-state index contributed by atoms with van der Waals surface area (Å²) in [4.78, 5) is 6.76. The third-order valence-corrected chi connectivity index (χ3v) is 4.35. The molecule has 0 amide bonds. The molecule has 3 aromatic rings. The smallest absolute Gasteiger partial charge is 0.130 e. The highest BCUT2D eigenvalue weighted by molar-refractivity contribution is 5.94. The molecular weight excluding hydrogens is 281 g/mol. The van der Waals surface area contributed by atoms with Crippen LogP contribution in [0.4, 0.5) is 10.2 Å². The van der Waals surface area contributed by atoms with Gasteiger partial charge in [0.1, 0.15) is 18.0 Å².